The molecule has 49 heavy (non-hydrogen) atoms. The molecular weight excluding hydrogens is 636 g/mol. The molecule has 0 radical (unpaired) electrons. The van der Waals surface area contributed by atoms with Crippen LogP contribution >= 0.6 is 0 Å². The number of carbonyl (C=O) groups excluding carboxylic acids is 6. The lowest BCUT2D eigenvalue weighted by molar-refractivity contribution is -0.155. The Labute approximate surface area is 285 Å². The first kappa shape index (κ1) is 39.7. The van der Waals surface area contributed by atoms with Crippen molar-refractivity contribution in [2.75, 3.05) is 12.4 Å². The van der Waals surface area contributed by atoms with E-state index in [1.54, 1.807) is 71.0 Å². The van der Waals surface area contributed by atoms with Crippen LogP contribution in [0.2, 0.25) is 0 Å². The Hall–Kier alpha value is -5.47. The summed E-state index contributed by atoms with van der Waals surface area (Å²) in [7, 11) is 1.20. The second-order valence-corrected chi connectivity index (χ2v) is 12.5. The summed E-state index contributed by atoms with van der Waals surface area (Å²) in [5.74, 6) is -3.92. The molecule has 0 aromatic heterocycles. The van der Waals surface area contributed by atoms with E-state index in [4.69, 9.17) is 19.9 Å². The van der Waals surface area contributed by atoms with E-state index in [0.717, 1.165) is 6.21 Å². The number of primary amides is 1. The zero-order valence-electron chi connectivity index (χ0n) is 28.6. The Morgan fingerprint density at radius 3 is 2.14 bits per heavy atom. The highest BCUT2D eigenvalue weighted by molar-refractivity contribution is 6.04. The smallest absolute Gasteiger partial charge is 0.332 e. The first-order valence-electron chi connectivity index (χ1n) is 15.7. The zero-order chi connectivity index (χ0) is 36.6. The van der Waals surface area contributed by atoms with Gasteiger partial charge in [0.2, 0.25) is 17.7 Å². The van der Waals surface area contributed by atoms with E-state index in [9.17, 15) is 28.8 Å². The fourth-order valence-electron chi connectivity index (χ4n) is 4.38. The van der Waals surface area contributed by atoms with Gasteiger partial charge < -0.3 is 35.9 Å². The number of nitrogens with one attached hydrogen (secondary N) is 4. The van der Waals surface area contributed by atoms with Gasteiger partial charge in [-0.15, -0.1) is 0 Å². The Balaban J connectivity index is 2.27. The first-order chi connectivity index (χ1) is 23.1. The second-order valence-electron chi connectivity index (χ2n) is 12.5. The van der Waals surface area contributed by atoms with Crippen molar-refractivity contribution in [3.8, 4) is 11.5 Å². The van der Waals surface area contributed by atoms with E-state index in [0.29, 0.717) is 17.2 Å². The van der Waals surface area contributed by atoms with Gasteiger partial charge in [-0.2, -0.15) is 5.10 Å². The van der Waals surface area contributed by atoms with Crippen LogP contribution in [-0.2, 0) is 33.4 Å². The lowest BCUT2D eigenvalue weighted by Crippen LogP contribution is -2.51. The number of para-hydroxylation sites is 1. The van der Waals surface area contributed by atoms with Crippen molar-refractivity contribution in [2.45, 2.75) is 78.0 Å². The molecule has 2 aromatic carbocycles. The van der Waals surface area contributed by atoms with Gasteiger partial charge in [-0.05, 0) is 63.8 Å². The number of amides is 5. The highest BCUT2D eigenvalue weighted by Gasteiger charge is 2.33. The Morgan fingerprint density at radius 1 is 0.878 bits per heavy atom. The van der Waals surface area contributed by atoms with Crippen molar-refractivity contribution in [2.24, 2.45) is 22.7 Å². The predicted octanol–water partition coefficient (Wildman–Crippen LogP) is 3.39. The number of nitrogens with two attached hydrogens (primary N) is 1. The number of ether oxygens (including phenoxy) is 3. The number of urea groups is 1. The minimum absolute atomic E-state index is 0.0672. The molecule has 6 N–H and O–H groups in total. The molecule has 0 aliphatic carbocycles. The van der Waals surface area contributed by atoms with Gasteiger partial charge in [0.05, 0.1) is 19.6 Å². The van der Waals surface area contributed by atoms with Gasteiger partial charge in [0.15, 0.2) is 0 Å². The van der Waals surface area contributed by atoms with Crippen molar-refractivity contribution in [3.05, 3.63) is 54.6 Å². The van der Waals surface area contributed by atoms with Crippen LogP contribution in [0.4, 0.5) is 10.5 Å². The van der Waals surface area contributed by atoms with Crippen molar-refractivity contribution < 1.29 is 43.0 Å². The summed E-state index contributed by atoms with van der Waals surface area (Å²) < 4.78 is 15.9. The van der Waals surface area contributed by atoms with E-state index in [2.05, 4.69) is 21.1 Å². The fourth-order valence-corrected chi connectivity index (χ4v) is 4.38. The quantitative estimate of drug-likeness (QED) is 0.0714. The van der Waals surface area contributed by atoms with Crippen molar-refractivity contribution in [1.29, 1.82) is 0 Å². The summed E-state index contributed by atoms with van der Waals surface area (Å²) in [6.45, 7) is 8.62. The van der Waals surface area contributed by atoms with Gasteiger partial charge in [-0.3, -0.25) is 24.0 Å². The molecule has 0 saturated heterocycles. The molecule has 0 aliphatic rings. The van der Waals surface area contributed by atoms with Crippen LogP contribution in [0, 0.1) is 11.8 Å². The zero-order valence-corrected chi connectivity index (χ0v) is 28.6. The van der Waals surface area contributed by atoms with Crippen molar-refractivity contribution in [1.82, 2.24) is 16.1 Å². The molecule has 0 spiro atoms. The molecule has 15 nitrogen and oxygen atoms in total. The largest absolute Gasteiger partial charge is 0.469 e. The summed E-state index contributed by atoms with van der Waals surface area (Å²) in [6.07, 6.45) is 0.443. The van der Waals surface area contributed by atoms with Gasteiger partial charge in [0.25, 0.3) is 0 Å². The number of benzene rings is 2. The van der Waals surface area contributed by atoms with E-state index < -0.39 is 59.3 Å². The molecule has 5 amide bonds. The minimum atomic E-state index is -1.32. The molecule has 3 unspecified atom stereocenters. The van der Waals surface area contributed by atoms with Crippen LogP contribution in [0.5, 0.6) is 11.5 Å². The van der Waals surface area contributed by atoms with E-state index in [-0.39, 0.29) is 31.6 Å². The van der Waals surface area contributed by atoms with Crippen LogP contribution < -0.4 is 31.8 Å². The lowest BCUT2D eigenvalue weighted by Gasteiger charge is -2.25. The van der Waals surface area contributed by atoms with Crippen LogP contribution in [0.1, 0.15) is 60.3 Å². The highest BCUT2D eigenvalue weighted by Crippen LogP contribution is 2.24. The van der Waals surface area contributed by atoms with Crippen molar-refractivity contribution in [3.63, 3.8) is 0 Å². The standard InChI is InChI=1S/C34H46N6O9/c1-21(2)17-26(30(43)38-23(20-36-40-33(35)46)19-29(42)49-34(3,4)5)31(44)39-27(15-16-28(41)47-6)32(45)37-22-11-10-14-25(18-22)48-24-12-8-7-9-13-24/h7-14,18,20-21,23,26-27H,15-17,19H2,1-6H3,(H,37,45)(H,38,43)(H,39,44)(H3,35,40,46)/b36-20+. The average Bonchev–Trinajstić information content (AvgIpc) is 3.00. The second kappa shape index (κ2) is 19.4. The maximum absolute atomic E-state index is 13.7. The topological polar surface area (TPSA) is 217 Å². The Morgan fingerprint density at radius 2 is 1.53 bits per heavy atom. The molecule has 266 valence electrons. The fraction of sp³-hybridized carbons (Fsp3) is 0.441. The van der Waals surface area contributed by atoms with E-state index in [1.165, 1.54) is 7.11 Å². The van der Waals surface area contributed by atoms with Gasteiger partial charge in [0, 0.05) is 24.4 Å². The number of hydrazone groups is 1. The van der Waals surface area contributed by atoms with E-state index >= 15 is 0 Å². The van der Waals surface area contributed by atoms with Gasteiger partial charge >= 0.3 is 18.0 Å². The molecule has 0 heterocycles. The number of hydrogen-bond acceptors (Lipinski definition) is 10. The number of carbonyl (C=O) groups is 6. The summed E-state index contributed by atoms with van der Waals surface area (Å²) >= 11 is 0. The van der Waals surface area contributed by atoms with Gasteiger partial charge in [-0.25, -0.2) is 10.2 Å². The van der Waals surface area contributed by atoms with Crippen molar-refractivity contribution >= 4 is 47.6 Å². The molecule has 0 fully saturated rings. The summed E-state index contributed by atoms with van der Waals surface area (Å²) in [5.41, 5.74) is 6.59. The third-order valence-corrected chi connectivity index (χ3v) is 6.48. The number of esters is 2. The number of rotatable bonds is 17. The van der Waals surface area contributed by atoms with Crippen LogP contribution in [0.3, 0.4) is 0 Å². The molecule has 0 saturated carbocycles. The number of hydrogen-bond donors (Lipinski definition) is 5. The molecular formula is C34H46N6O9. The van der Waals surface area contributed by atoms with Gasteiger partial charge in [0.1, 0.15) is 29.1 Å². The molecule has 0 aliphatic heterocycles. The third-order valence-electron chi connectivity index (χ3n) is 6.48. The Kier molecular flexibility index (Phi) is 15.7. The van der Waals surface area contributed by atoms with Gasteiger partial charge in [-0.1, -0.05) is 38.1 Å². The van der Waals surface area contributed by atoms with E-state index in [1.807, 2.05) is 23.6 Å². The third kappa shape index (κ3) is 15.8. The Bertz CT molecular complexity index is 1470. The van der Waals surface area contributed by atoms with Crippen LogP contribution in [0.15, 0.2) is 59.7 Å². The predicted molar refractivity (Wildman–Crippen MR) is 181 cm³/mol. The summed E-state index contributed by atoms with van der Waals surface area (Å²) in [5, 5.41) is 11.6. The normalized spacial score (nSPS) is 13.0. The maximum atomic E-state index is 13.7. The molecule has 15 heteroatoms. The van der Waals surface area contributed by atoms with Crippen LogP contribution in [-0.4, -0.2) is 66.7 Å². The minimum Gasteiger partial charge on any atom is -0.469 e. The van der Waals surface area contributed by atoms with Crippen LogP contribution in [0.25, 0.3) is 0 Å². The summed E-state index contributed by atoms with van der Waals surface area (Å²) in [6, 6.07) is 12.3. The highest BCUT2D eigenvalue weighted by atomic mass is 16.6. The molecule has 2 rings (SSSR count). The lowest BCUT2D eigenvalue weighted by atomic mass is 9.94. The molecule has 2 aromatic rings. The number of methoxy groups -OCH3 is 1. The maximum Gasteiger partial charge on any atom is 0.332 e. The SMILES string of the molecule is COC(=O)CCC(NC(=O)C(CC(C)C)C(=O)NC(/C=N/NC(N)=O)CC(=O)OC(C)(C)C)C(=O)Nc1cccc(Oc2ccccc2)c1. The molecule has 0 bridgehead atoms. The summed E-state index contributed by atoms with van der Waals surface area (Å²) in [4.78, 5) is 76.3. The molecule has 3 atom stereocenters. The number of anilines is 1. The number of nitrogens with zero attached hydrogens (tertiary/aromatic N) is 1. The average molecular weight is 683 g/mol. The monoisotopic (exact) mass is 682 g/mol. The first-order valence-corrected chi connectivity index (χ1v) is 15.7.